The van der Waals surface area contributed by atoms with E-state index in [9.17, 15) is 14.7 Å². The van der Waals surface area contributed by atoms with Gasteiger partial charge in [0.25, 0.3) is 0 Å². The van der Waals surface area contributed by atoms with Crippen LogP contribution in [0.4, 0.5) is 0 Å². The molecule has 1 aliphatic rings. The first-order valence-corrected chi connectivity index (χ1v) is 6.32. The van der Waals surface area contributed by atoms with Gasteiger partial charge in [-0.15, -0.1) is 0 Å². The van der Waals surface area contributed by atoms with Crippen LogP contribution >= 0.6 is 0 Å². The third-order valence-electron chi connectivity index (χ3n) is 3.33. The average Bonchev–Trinajstić information content (AvgIpc) is 2.44. The van der Waals surface area contributed by atoms with Gasteiger partial charge in [-0.05, 0) is 17.5 Å². The molecule has 20 heavy (non-hydrogen) atoms. The lowest BCUT2D eigenvalue weighted by Crippen LogP contribution is -2.45. The number of carbonyl (C=O) groups is 2. The standard InChI is InChI=1S/C14H15N3O3/c15-6-7-16-12(18)9-17-8-5-10-3-1-2-4-11(10)13(17)14(19)20/h1-4,13H,5,7-9H2,(H,16,18)(H,19,20). The van der Waals surface area contributed by atoms with Crippen molar-refractivity contribution in [1.29, 1.82) is 5.26 Å². The highest BCUT2D eigenvalue weighted by atomic mass is 16.4. The summed E-state index contributed by atoms with van der Waals surface area (Å²) in [5, 5.41) is 20.3. The average molecular weight is 273 g/mol. The van der Waals surface area contributed by atoms with Crippen molar-refractivity contribution in [3.8, 4) is 6.07 Å². The Morgan fingerprint density at radius 2 is 2.20 bits per heavy atom. The van der Waals surface area contributed by atoms with E-state index >= 15 is 0 Å². The second kappa shape index (κ2) is 6.17. The van der Waals surface area contributed by atoms with Crippen molar-refractivity contribution in [2.45, 2.75) is 12.5 Å². The summed E-state index contributed by atoms with van der Waals surface area (Å²) in [6, 6.07) is 8.39. The smallest absolute Gasteiger partial charge is 0.325 e. The monoisotopic (exact) mass is 273 g/mol. The molecule has 0 aromatic heterocycles. The molecule has 1 aliphatic heterocycles. The van der Waals surface area contributed by atoms with Crippen molar-refractivity contribution >= 4 is 11.9 Å². The third kappa shape index (κ3) is 2.95. The summed E-state index contributed by atoms with van der Waals surface area (Å²) in [6.45, 7) is 0.419. The highest BCUT2D eigenvalue weighted by Crippen LogP contribution is 2.29. The van der Waals surface area contributed by atoms with Crippen LogP contribution in [-0.4, -0.2) is 41.5 Å². The van der Waals surface area contributed by atoms with Crippen LogP contribution in [0.15, 0.2) is 24.3 Å². The quantitative estimate of drug-likeness (QED) is 0.770. The van der Waals surface area contributed by atoms with Gasteiger partial charge in [0.2, 0.25) is 5.91 Å². The number of hydrogen-bond donors (Lipinski definition) is 2. The first-order chi connectivity index (χ1) is 9.63. The van der Waals surface area contributed by atoms with Crippen molar-refractivity contribution < 1.29 is 14.7 Å². The molecule has 0 saturated heterocycles. The summed E-state index contributed by atoms with van der Waals surface area (Å²) in [6.07, 6.45) is 0.714. The number of benzene rings is 1. The molecule has 2 N–H and O–H groups in total. The van der Waals surface area contributed by atoms with Crippen molar-refractivity contribution in [2.75, 3.05) is 19.6 Å². The van der Waals surface area contributed by atoms with Gasteiger partial charge in [0.15, 0.2) is 0 Å². The molecular weight excluding hydrogens is 258 g/mol. The number of carbonyl (C=O) groups excluding carboxylic acids is 1. The van der Waals surface area contributed by atoms with Crippen molar-refractivity contribution in [2.24, 2.45) is 0 Å². The Kier molecular flexibility index (Phi) is 4.33. The number of nitriles is 1. The summed E-state index contributed by atoms with van der Waals surface area (Å²) in [5.74, 6) is -1.30. The van der Waals surface area contributed by atoms with Gasteiger partial charge in [-0.3, -0.25) is 14.5 Å². The van der Waals surface area contributed by atoms with Gasteiger partial charge in [-0.25, -0.2) is 0 Å². The number of carboxylic acids is 1. The second-order valence-electron chi connectivity index (χ2n) is 4.59. The number of hydrogen-bond acceptors (Lipinski definition) is 4. The lowest BCUT2D eigenvalue weighted by atomic mass is 9.92. The highest BCUT2D eigenvalue weighted by molar-refractivity contribution is 5.81. The molecule has 0 radical (unpaired) electrons. The van der Waals surface area contributed by atoms with Crippen LogP contribution in [0.5, 0.6) is 0 Å². The maximum Gasteiger partial charge on any atom is 0.325 e. The molecule has 104 valence electrons. The molecule has 2 rings (SSSR count). The van der Waals surface area contributed by atoms with Gasteiger partial charge in [0.05, 0.1) is 12.6 Å². The van der Waals surface area contributed by atoms with E-state index in [4.69, 9.17) is 5.26 Å². The number of nitrogens with one attached hydrogen (secondary N) is 1. The number of fused-ring (bicyclic) bond motifs is 1. The van der Waals surface area contributed by atoms with Gasteiger partial charge in [0, 0.05) is 6.54 Å². The number of carboxylic acid groups (broad SMARTS) is 1. The van der Waals surface area contributed by atoms with E-state index in [-0.39, 0.29) is 19.0 Å². The number of nitrogens with zero attached hydrogens (tertiary/aromatic N) is 2. The van der Waals surface area contributed by atoms with Crippen LogP contribution < -0.4 is 5.32 Å². The van der Waals surface area contributed by atoms with Crippen LogP contribution in [-0.2, 0) is 16.0 Å². The molecular formula is C14H15N3O3. The minimum atomic E-state index is -0.967. The fraction of sp³-hybridized carbons (Fsp3) is 0.357. The van der Waals surface area contributed by atoms with Crippen LogP contribution in [0.1, 0.15) is 17.2 Å². The van der Waals surface area contributed by atoms with E-state index in [0.717, 1.165) is 11.1 Å². The molecule has 0 bridgehead atoms. The van der Waals surface area contributed by atoms with Crippen molar-refractivity contribution in [3.63, 3.8) is 0 Å². The van der Waals surface area contributed by atoms with E-state index < -0.39 is 12.0 Å². The molecule has 0 saturated carbocycles. The fourth-order valence-corrected chi connectivity index (χ4v) is 2.46. The van der Waals surface area contributed by atoms with Crippen molar-refractivity contribution in [1.82, 2.24) is 10.2 Å². The summed E-state index contributed by atoms with van der Waals surface area (Å²) in [7, 11) is 0. The zero-order valence-electron chi connectivity index (χ0n) is 10.9. The molecule has 0 spiro atoms. The van der Waals surface area contributed by atoms with Crippen LogP contribution in [0.3, 0.4) is 0 Å². The Bertz CT molecular complexity index is 565. The molecule has 1 amide bonds. The Balaban J connectivity index is 2.17. The molecule has 0 fully saturated rings. The molecule has 1 aromatic rings. The van der Waals surface area contributed by atoms with Crippen molar-refractivity contribution in [3.05, 3.63) is 35.4 Å². The van der Waals surface area contributed by atoms with E-state index in [0.29, 0.717) is 13.0 Å². The van der Waals surface area contributed by atoms with E-state index in [2.05, 4.69) is 5.32 Å². The van der Waals surface area contributed by atoms with Gasteiger partial charge >= 0.3 is 5.97 Å². The Morgan fingerprint density at radius 3 is 2.90 bits per heavy atom. The second-order valence-corrected chi connectivity index (χ2v) is 4.59. The predicted molar refractivity (Wildman–Crippen MR) is 70.7 cm³/mol. The molecule has 6 heteroatoms. The van der Waals surface area contributed by atoms with Crippen LogP contribution in [0.2, 0.25) is 0 Å². The molecule has 1 unspecified atom stereocenters. The van der Waals surface area contributed by atoms with Gasteiger partial charge in [-0.2, -0.15) is 5.26 Å². The van der Waals surface area contributed by atoms with Crippen LogP contribution in [0.25, 0.3) is 0 Å². The molecule has 1 aromatic carbocycles. The minimum absolute atomic E-state index is 0.0209. The zero-order valence-corrected chi connectivity index (χ0v) is 10.9. The Labute approximate surface area is 116 Å². The predicted octanol–water partition coefficient (Wildman–Crippen LogP) is 0.310. The summed E-state index contributed by atoms with van der Waals surface area (Å²) < 4.78 is 0. The van der Waals surface area contributed by atoms with E-state index in [1.54, 1.807) is 17.0 Å². The van der Waals surface area contributed by atoms with Gasteiger partial charge < -0.3 is 10.4 Å². The lowest BCUT2D eigenvalue weighted by molar-refractivity contribution is -0.144. The topological polar surface area (TPSA) is 93.4 Å². The normalized spacial score (nSPS) is 17.9. The summed E-state index contributed by atoms with van der Waals surface area (Å²) in [4.78, 5) is 24.8. The summed E-state index contributed by atoms with van der Waals surface area (Å²) >= 11 is 0. The van der Waals surface area contributed by atoms with E-state index in [1.165, 1.54) is 0 Å². The first kappa shape index (κ1) is 14.0. The Hall–Kier alpha value is -2.39. The van der Waals surface area contributed by atoms with Crippen LogP contribution in [0, 0.1) is 11.3 Å². The molecule has 1 heterocycles. The fourth-order valence-electron chi connectivity index (χ4n) is 2.46. The maximum atomic E-state index is 11.7. The lowest BCUT2D eigenvalue weighted by Gasteiger charge is -2.34. The van der Waals surface area contributed by atoms with Gasteiger partial charge in [0.1, 0.15) is 12.6 Å². The number of aliphatic carboxylic acids is 1. The zero-order chi connectivity index (χ0) is 14.5. The molecule has 0 aliphatic carbocycles. The third-order valence-corrected chi connectivity index (χ3v) is 3.33. The molecule has 6 nitrogen and oxygen atoms in total. The van der Waals surface area contributed by atoms with Gasteiger partial charge in [-0.1, -0.05) is 24.3 Å². The highest BCUT2D eigenvalue weighted by Gasteiger charge is 2.33. The number of rotatable bonds is 4. The minimum Gasteiger partial charge on any atom is -0.480 e. The summed E-state index contributed by atoms with van der Waals surface area (Å²) in [5.41, 5.74) is 1.74. The first-order valence-electron chi connectivity index (χ1n) is 6.32. The Morgan fingerprint density at radius 1 is 1.45 bits per heavy atom. The maximum absolute atomic E-state index is 11.7. The molecule has 1 atom stereocenters. The SMILES string of the molecule is N#CCNC(=O)CN1CCc2ccccc2C1C(=O)O. The largest absolute Gasteiger partial charge is 0.480 e. The number of amides is 1. The van der Waals surface area contributed by atoms with E-state index in [1.807, 2.05) is 18.2 Å².